The number of rotatable bonds is 3. The highest BCUT2D eigenvalue weighted by Crippen LogP contribution is 2.29. The molecule has 0 aliphatic heterocycles. The van der Waals surface area contributed by atoms with E-state index in [4.69, 9.17) is 10.8 Å². The van der Waals surface area contributed by atoms with E-state index in [2.05, 4.69) is 4.74 Å². The van der Waals surface area contributed by atoms with Crippen molar-refractivity contribution in [3.05, 3.63) is 48.0 Å². The van der Waals surface area contributed by atoms with E-state index >= 15 is 0 Å². The van der Waals surface area contributed by atoms with Crippen molar-refractivity contribution in [3.8, 4) is 16.9 Å². The number of ether oxygens (including phenoxy) is 1. The summed E-state index contributed by atoms with van der Waals surface area (Å²) in [6, 6.07) is 9.12. The molecule has 0 bridgehead atoms. The summed E-state index contributed by atoms with van der Waals surface area (Å²) in [5.74, 6) is -1.53. The van der Waals surface area contributed by atoms with Gasteiger partial charge in [-0.3, -0.25) is 0 Å². The Morgan fingerprint density at radius 1 is 1.10 bits per heavy atom. The molecule has 21 heavy (non-hydrogen) atoms. The average Bonchev–Trinajstić information content (AvgIpc) is 2.37. The number of carboxylic acids is 1. The zero-order valence-corrected chi connectivity index (χ0v) is 10.5. The van der Waals surface area contributed by atoms with Crippen molar-refractivity contribution in [2.45, 2.75) is 6.36 Å². The summed E-state index contributed by atoms with van der Waals surface area (Å²) in [5, 5.41) is 9.11. The van der Waals surface area contributed by atoms with Crippen molar-refractivity contribution in [1.82, 2.24) is 0 Å². The molecule has 0 spiro atoms. The zero-order chi connectivity index (χ0) is 15.6. The van der Waals surface area contributed by atoms with Crippen LogP contribution in [0.5, 0.6) is 5.75 Å². The number of alkyl halides is 3. The first-order chi connectivity index (χ1) is 9.76. The second-order valence-corrected chi connectivity index (χ2v) is 4.18. The summed E-state index contributed by atoms with van der Waals surface area (Å²) in [5.41, 5.74) is 6.72. The van der Waals surface area contributed by atoms with E-state index in [0.29, 0.717) is 16.8 Å². The lowest BCUT2D eigenvalue weighted by molar-refractivity contribution is -0.274. The van der Waals surface area contributed by atoms with Gasteiger partial charge in [0.15, 0.2) is 0 Å². The fourth-order valence-electron chi connectivity index (χ4n) is 1.82. The lowest BCUT2D eigenvalue weighted by atomic mass is 9.99. The standard InChI is InChI=1S/C14H10F3NO3/c15-14(16,17)21-10-4-1-8(2-5-10)12-7-9(18)3-6-11(12)13(19)20/h1-7H,18H2,(H,19,20). The highest BCUT2D eigenvalue weighted by Gasteiger charge is 2.31. The highest BCUT2D eigenvalue weighted by atomic mass is 19.4. The first kappa shape index (κ1) is 14.7. The van der Waals surface area contributed by atoms with E-state index in [1.54, 1.807) is 0 Å². The fraction of sp³-hybridized carbons (Fsp3) is 0.0714. The Balaban J connectivity index is 2.39. The van der Waals surface area contributed by atoms with E-state index in [1.165, 1.54) is 30.3 Å². The highest BCUT2D eigenvalue weighted by molar-refractivity contribution is 5.96. The maximum absolute atomic E-state index is 12.1. The number of benzene rings is 2. The van der Waals surface area contributed by atoms with E-state index in [1.807, 2.05) is 0 Å². The Morgan fingerprint density at radius 2 is 1.71 bits per heavy atom. The second kappa shape index (κ2) is 5.35. The molecule has 110 valence electrons. The topological polar surface area (TPSA) is 72.6 Å². The maximum atomic E-state index is 12.1. The van der Waals surface area contributed by atoms with Crippen LogP contribution in [0.25, 0.3) is 11.1 Å². The van der Waals surface area contributed by atoms with Crippen LogP contribution in [-0.4, -0.2) is 17.4 Å². The van der Waals surface area contributed by atoms with Gasteiger partial charge in [0.1, 0.15) is 5.75 Å². The summed E-state index contributed by atoms with van der Waals surface area (Å²) in [4.78, 5) is 11.1. The van der Waals surface area contributed by atoms with Crippen LogP contribution in [0, 0.1) is 0 Å². The van der Waals surface area contributed by atoms with Crippen LogP contribution < -0.4 is 10.5 Å². The first-order valence-corrected chi connectivity index (χ1v) is 5.75. The molecule has 0 fully saturated rings. The molecule has 3 N–H and O–H groups in total. The molecule has 7 heteroatoms. The van der Waals surface area contributed by atoms with Gasteiger partial charge in [0.2, 0.25) is 0 Å². The van der Waals surface area contributed by atoms with Gasteiger partial charge in [-0.15, -0.1) is 13.2 Å². The molecule has 2 aromatic rings. The van der Waals surface area contributed by atoms with Gasteiger partial charge in [-0.05, 0) is 41.5 Å². The molecule has 0 heterocycles. The van der Waals surface area contributed by atoms with E-state index in [-0.39, 0.29) is 11.3 Å². The molecular formula is C14H10F3NO3. The number of aromatic carboxylic acids is 1. The fourth-order valence-corrected chi connectivity index (χ4v) is 1.82. The zero-order valence-electron chi connectivity index (χ0n) is 10.5. The third-order valence-electron chi connectivity index (χ3n) is 2.67. The number of nitrogens with two attached hydrogens (primary N) is 1. The summed E-state index contributed by atoms with van der Waals surface area (Å²) < 4.78 is 40.0. The predicted octanol–water partition coefficient (Wildman–Crippen LogP) is 3.53. The lowest BCUT2D eigenvalue weighted by Gasteiger charge is -2.11. The van der Waals surface area contributed by atoms with Gasteiger partial charge in [-0.25, -0.2) is 4.79 Å². The van der Waals surface area contributed by atoms with Gasteiger partial charge >= 0.3 is 12.3 Å². The van der Waals surface area contributed by atoms with Crippen LogP contribution in [0.1, 0.15) is 10.4 Å². The summed E-state index contributed by atoms with van der Waals surface area (Å²) in [7, 11) is 0. The van der Waals surface area contributed by atoms with Crippen molar-refractivity contribution in [2.24, 2.45) is 0 Å². The van der Waals surface area contributed by atoms with E-state index < -0.39 is 12.3 Å². The van der Waals surface area contributed by atoms with Crippen molar-refractivity contribution in [1.29, 1.82) is 0 Å². The Kier molecular flexibility index (Phi) is 3.75. The van der Waals surface area contributed by atoms with Crippen molar-refractivity contribution in [2.75, 3.05) is 5.73 Å². The van der Waals surface area contributed by atoms with Crippen LogP contribution >= 0.6 is 0 Å². The van der Waals surface area contributed by atoms with Gasteiger partial charge in [0, 0.05) is 5.69 Å². The van der Waals surface area contributed by atoms with Crippen LogP contribution in [0.15, 0.2) is 42.5 Å². The summed E-state index contributed by atoms with van der Waals surface area (Å²) >= 11 is 0. The van der Waals surface area contributed by atoms with Crippen molar-refractivity contribution in [3.63, 3.8) is 0 Å². The van der Waals surface area contributed by atoms with Gasteiger partial charge < -0.3 is 15.6 Å². The third kappa shape index (κ3) is 3.65. The number of hydrogen-bond donors (Lipinski definition) is 2. The monoisotopic (exact) mass is 297 g/mol. The van der Waals surface area contributed by atoms with E-state index in [9.17, 15) is 18.0 Å². The van der Waals surface area contributed by atoms with Crippen LogP contribution in [0.2, 0.25) is 0 Å². The van der Waals surface area contributed by atoms with Crippen LogP contribution in [0.4, 0.5) is 18.9 Å². The van der Waals surface area contributed by atoms with Gasteiger partial charge in [0.25, 0.3) is 0 Å². The molecule has 0 unspecified atom stereocenters. The van der Waals surface area contributed by atoms with E-state index in [0.717, 1.165) is 12.1 Å². The third-order valence-corrected chi connectivity index (χ3v) is 2.67. The predicted molar refractivity (Wildman–Crippen MR) is 69.9 cm³/mol. The molecule has 0 atom stereocenters. The summed E-state index contributed by atoms with van der Waals surface area (Å²) in [6.07, 6.45) is -4.77. The van der Waals surface area contributed by atoms with Crippen molar-refractivity contribution >= 4 is 11.7 Å². The average molecular weight is 297 g/mol. The molecule has 0 radical (unpaired) electrons. The Bertz CT molecular complexity index is 666. The number of halogens is 3. The minimum Gasteiger partial charge on any atom is -0.478 e. The van der Waals surface area contributed by atoms with Gasteiger partial charge in [-0.1, -0.05) is 12.1 Å². The molecule has 0 aliphatic rings. The smallest absolute Gasteiger partial charge is 0.478 e. The normalized spacial score (nSPS) is 11.2. The number of carbonyl (C=O) groups is 1. The molecule has 2 rings (SSSR count). The Morgan fingerprint density at radius 3 is 2.24 bits per heavy atom. The minimum absolute atomic E-state index is 0.00805. The maximum Gasteiger partial charge on any atom is 0.573 e. The van der Waals surface area contributed by atoms with Crippen LogP contribution in [0.3, 0.4) is 0 Å². The number of nitrogen functional groups attached to an aromatic ring is 1. The number of carboxylic acid groups (broad SMARTS) is 1. The largest absolute Gasteiger partial charge is 0.573 e. The second-order valence-electron chi connectivity index (χ2n) is 4.18. The quantitative estimate of drug-likeness (QED) is 0.850. The molecule has 0 amide bonds. The minimum atomic E-state index is -4.77. The number of anilines is 1. The molecule has 4 nitrogen and oxygen atoms in total. The van der Waals surface area contributed by atoms with Crippen molar-refractivity contribution < 1.29 is 27.8 Å². The lowest BCUT2D eigenvalue weighted by Crippen LogP contribution is -2.16. The molecule has 2 aromatic carbocycles. The van der Waals surface area contributed by atoms with Gasteiger partial charge in [0.05, 0.1) is 5.56 Å². The van der Waals surface area contributed by atoms with Gasteiger partial charge in [-0.2, -0.15) is 0 Å². The molecule has 0 saturated carbocycles. The molecule has 0 aromatic heterocycles. The van der Waals surface area contributed by atoms with Crippen LogP contribution in [-0.2, 0) is 0 Å². The number of hydrogen-bond acceptors (Lipinski definition) is 3. The summed E-state index contributed by atoms with van der Waals surface area (Å²) in [6.45, 7) is 0. The SMILES string of the molecule is Nc1ccc(C(=O)O)c(-c2ccc(OC(F)(F)F)cc2)c1. The Hall–Kier alpha value is -2.70. The molecule has 0 aliphatic carbocycles. The molecular weight excluding hydrogens is 287 g/mol. The first-order valence-electron chi connectivity index (χ1n) is 5.75. The Labute approximate surface area is 117 Å². The molecule has 0 saturated heterocycles.